The fourth-order valence-corrected chi connectivity index (χ4v) is 3.15. The molecular formula is C14H19N3O3S. The lowest BCUT2D eigenvalue weighted by Gasteiger charge is -2.24. The Morgan fingerprint density at radius 1 is 1.38 bits per heavy atom. The number of carbonyl (C=O) groups is 3. The lowest BCUT2D eigenvalue weighted by atomic mass is 10.2. The lowest BCUT2D eigenvalue weighted by Crippen LogP contribution is -2.42. The highest BCUT2D eigenvalue weighted by Gasteiger charge is 2.30. The normalized spacial score (nSPS) is 16.6. The first-order valence-corrected chi connectivity index (χ1v) is 7.66. The van der Waals surface area contributed by atoms with Crippen molar-refractivity contribution in [1.29, 1.82) is 0 Å². The Bertz CT molecular complexity index is 512. The average molecular weight is 309 g/mol. The summed E-state index contributed by atoms with van der Waals surface area (Å²) in [6.07, 6.45) is 0.420. The molecule has 1 atom stereocenters. The van der Waals surface area contributed by atoms with Crippen LogP contribution >= 0.6 is 11.3 Å². The molecule has 6 nitrogen and oxygen atoms in total. The first-order chi connectivity index (χ1) is 9.99. The van der Waals surface area contributed by atoms with E-state index in [1.54, 1.807) is 11.3 Å². The molecule has 1 fully saturated rings. The summed E-state index contributed by atoms with van der Waals surface area (Å²) in [6, 6.07) is 4.08. The number of likely N-dealkylation sites (tertiary alicyclic amines) is 1. The van der Waals surface area contributed by atoms with Gasteiger partial charge in [-0.2, -0.15) is 0 Å². The van der Waals surface area contributed by atoms with Gasteiger partial charge in [-0.05, 0) is 25.5 Å². The van der Waals surface area contributed by atoms with Gasteiger partial charge in [0.25, 0.3) is 0 Å². The number of thiophene rings is 1. The van der Waals surface area contributed by atoms with E-state index in [0.29, 0.717) is 6.54 Å². The number of likely N-dealkylation sites (N-methyl/N-ethyl adjacent to an activating group) is 1. The Hall–Kier alpha value is -1.73. The Kier molecular flexibility index (Phi) is 5.08. The van der Waals surface area contributed by atoms with Gasteiger partial charge in [0.1, 0.15) is 6.54 Å². The SMILES string of the molecule is CN(C)[C@H](CNC(=O)CN1C(=O)CCC1=O)c1cccs1. The number of nitrogens with one attached hydrogen (secondary N) is 1. The minimum Gasteiger partial charge on any atom is -0.353 e. The predicted octanol–water partition coefficient (Wildman–Crippen LogP) is 0.616. The van der Waals surface area contributed by atoms with E-state index in [1.165, 1.54) is 0 Å². The quantitative estimate of drug-likeness (QED) is 0.782. The molecule has 7 heteroatoms. The fourth-order valence-electron chi connectivity index (χ4n) is 2.23. The minimum absolute atomic E-state index is 0.0823. The number of hydrogen-bond acceptors (Lipinski definition) is 5. The van der Waals surface area contributed by atoms with Gasteiger partial charge in [0, 0.05) is 24.3 Å². The smallest absolute Gasteiger partial charge is 0.240 e. The zero-order valence-corrected chi connectivity index (χ0v) is 13.0. The summed E-state index contributed by atoms with van der Waals surface area (Å²) >= 11 is 1.63. The Morgan fingerprint density at radius 3 is 2.57 bits per heavy atom. The third-order valence-corrected chi connectivity index (χ3v) is 4.42. The molecule has 1 N–H and O–H groups in total. The molecule has 0 unspecified atom stereocenters. The molecule has 1 aliphatic rings. The van der Waals surface area contributed by atoms with Crippen molar-refractivity contribution in [3.8, 4) is 0 Å². The van der Waals surface area contributed by atoms with E-state index in [-0.39, 0.29) is 43.1 Å². The third-order valence-electron chi connectivity index (χ3n) is 3.44. The van der Waals surface area contributed by atoms with E-state index >= 15 is 0 Å². The van der Waals surface area contributed by atoms with Gasteiger partial charge in [0.15, 0.2) is 0 Å². The molecule has 1 aromatic rings. The molecule has 1 aromatic heterocycles. The summed E-state index contributed by atoms with van der Waals surface area (Å²) in [5.74, 6) is -0.836. The molecule has 2 rings (SSSR count). The molecule has 2 heterocycles. The highest BCUT2D eigenvalue weighted by molar-refractivity contribution is 7.10. The molecule has 1 saturated heterocycles. The minimum atomic E-state index is -0.304. The van der Waals surface area contributed by atoms with Crippen LogP contribution in [0.5, 0.6) is 0 Å². The second-order valence-corrected chi connectivity index (χ2v) is 6.15. The molecular weight excluding hydrogens is 290 g/mol. The summed E-state index contributed by atoms with van der Waals surface area (Å²) in [5, 5.41) is 4.80. The van der Waals surface area contributed by atoms with E-state index in [0.717, 1.165) is 9.78 Å². The van der Waals surface area contributed by atoms with Crippen molar-refractivity contribution in [1.82, 2.24) is 15.1 Å². The molecule has 21 heavy (non-hydrogen) atoms. The summed E-state index contributed by atoms with van der Waals surface area (Å²) in [6.45, 7) is 0.269. The summed E-state index contributed by atoms with van der Waals surface area (Å²) in [5.41, 5.74) is 0. The number of carbonyl (C=O) groups excluding carboxylic acids is 3. The van der Waals surface area contributed by atoms with Crippen molar-refractivity contribution in [2.75, 3.05) is 27.2 Å². The molecule has 0 radical (unpaired) electrons. The van der Waals surface area contributed by atoms with E-state index < -0.39 is 0 Å². The summed E-state index contributed by atoms with van der Waals surface area (Å²) in [7, 11) is 3.90. The zero-order valence-electron chi connectivity index (χ0n) is 12.2. The average Bonchev–Trinajstić information content (AvgIpc) is 3.04. The largest absolute Gasteiger partial charge is 0.353 e. The number of hydrogen-bond donors (Lipinski definition) is 1. The van der Waals surface area contributed by atoms with Crippen LogP contribution < -0.4 is 5.32 Å². The maximum atomic E-state index is 11.9. The first-order valence-electron chi connectivity index (χ1n) is 6.78. The van der Waals surface area contributed by atoms with Crippen LogP contribution in [0.4, 0.5) is 0 Å². The van der Waals surface area contributed by atoms with E-state index in [1.807, 2.05) is 36.5 Å². The first kappa shape index (κ1) is 15.7. The van der Waals surface area contributed by atoms with Gasteiger partial charge in [-0.15, -0.1) is 11.3 Å². The number of amides is 3. The second kappa shape index (κ2) is 6.82. The molecule has 3 amide bonds. The van der Waals surface area contributed by atoms with E-state index in [2.05, 4.69) is 5.32 Å². The molecule has 0 aromatic carbocycles. The maximum absolute atomic E-state index is 11.9. The van der Waals surface area contributed by atoms with Crippen LogP contribution in [0.2, 0.25) is 0 Å². The maximum Gasteiger partial charge on any atom is 0.240 e. The van der Waals surface area contributed by atoms with Crippen molar-refractivity contribution >= 4 is 29.1 Å². The zero-order chi connectivity index (χ0) is 15.4. The number of rotatable bonds is 6. The van der Waals surface area contributed by atoms with Crippen molar-refractivity contribution in [2.24, 2.45) is 0 Å². The topological polar surface area (TPSA) is 69.7 Å². The summed E-state index contributed by atoms with van der Waals surface area (Å²) in [4.78, 5) is 39.1. The van der Waals surface area contributed by atoms with Crippen molar-refractivity contribution in [3.63, 3.8) is 0 Å². The van der Waals surface area contributed by atoms with Gasteiger partial charge >= 0.3 is 0 Å². The van der Waals surface area contributed by atoms with Gasteiger partial charge in [-0.1, -0.05) is 6.07 Å². The van der Waals surface area contributed by atoms with Gasteiger partial charge in [-0.3, -0.25) is 19.3 Å². The van der Waals surface area contributed by atoms with Crippen LogP contribution in [0.15, 0.2) is 17.5 Å². The molecule has 0 spiro atoms. The van der Waals surface area contributed by atoms with E-state index in [9.17, 15) is 14.4 Å². The lowest BCUT2D eigenvalue weighted by molar-refractivity contribution is -0.142. The second-order valence-electron chi connectivity index (χ2n) is 5.17. The number of nitrogens with zero attached hydrogens (tertiary/aromatic N) is 2. The van der Waals surface area contributed by atoms with Crippen molar-refractivity contribution in [2.45, 2.75) is 18.9 Å². The van der Waals surface area contributed by atoms with Crippen molar-refractivity contribution in [3.05, 3.63) is 22.4 Å². The van der Waals surface area contributed by atoms with Crippen molar-refractivity contribution < 1.29 is 14.4 Å². The van der Waals surface area contributed by atoms with Crippen LogP contribution in [0.3, 0.4) is 0 Å². The van der Waals surface area contributed by atoms with Gasteiger partial charge < -0.3 is 10.2 Å². The molecule has 114 valence electrons. The predicted molar refractivity (Wildman–Crippen MR) is 79.7 cm³/mol. The van der Waals surface area contributed by atoms with Gasteiger partial charge in [0.2, 0.25) is 17.7 Å². The van der Waals surface area contributed by atoms with Gasteiger partial charge in [0.05, 0.1) is 6.04 Å². The monoisotopic (exact) mass is 309 g/mol. The highest BCUT2D eigenvalue weighted by Crippen LogP contribution is 2.22. The number of imide groups is 1. The molecule has 1 aliphatic heterocycles. The standard InChI is InChI=1S/C14H19N3O3S/c1-16(2)10(11-4-3-7-21-11)8-15-12(18)9-17-13(19)5-6-14(17)20/h3-4,7,10H,5-6,8-9H2,1-2H3,(H,15,18)/t10-/m1/s1. The Labute approximate surface area is 127 Å². The van der Waals surface area contributed by atoms with Crippen LogP contribution in [-0.4, -0.2) is 54.7 Å². The Balaban J connectivity index is 1.88. The summed E-state index contributed by atoms with van der Waals surface area (Å²) < 4.78 is 0. The molecule has 0 aliphatic carbocycles. The molecule has 0 saturated carbocycles. The third kappa shape index (κ3) is 3.89. The van der Waals surface area contributed by atoms with Crippen LogP contribution in [-0.2, 0) is 14.4 Å². The van der Waals surface area contributed by atoms with Crippen LogP contribution in [0.25, 0.3) is 0 Å². The van der Waals surface area contributed by atoms with E-state index in [4.69, 9.17) is 0 Å². The van der Waals surface area contributed by atoms with Crippen LogP contribution in [0.1, 0.15) is 23.8 Å². The highest BCUT2D eigenvalue weighted by atomic mass is 32.1. The molecule has 0 bridgehead atoms. The fraction of sp³-hybridized carbons (Fsp3) is 0.500. The Morgan fingerprint density at radius 2 is 2.05 bits per heavy atom. The van der Waals surface area contributed by atoms with Gasteiger partial charge in [-0.25, -0.2) is 0 Å². The van der Waals surface area contributed by atoms with Crippen LogP contribution in [0, 0.1) is 0 Å².